The molecule has 1 aliphatic carbocycles. The monoisotopic (exact) mass is 279 g/mol. The summed E-state index contributed by atoms with van der Waals surface area (Å²) in [6.45, 7) is 3.18. The predicted molar refractivity (Wildman–Crippen MR) is 77.1 cm³/mol. The minimum atomic E-state index is -0.421. The Morgan fingerprint density at radius 3 is 2.80 bits per heavy atom. The Balaban J connectivity index is 2.03. The normalized spacial score (nSPS) is 15.8. The van der Waals surface area contributed by atoms with Crippen LogP contribution in [-0.2, 0) is 0 Å². The van der Waals surface area contributed by atoms with Crippen LogP contribution in [0.2, 0.25) is 0 Å². The largest absolute Gasteiger partial charge is 0.477 e. The van der Waals surface area contributed by atoms with Gasteiger partial charge in [0.25, 0.3) is 5.69 Å². The fraction of sp³-hybridized carbons (Fsp3) is 0.643. The second kappa shape index (κ2) is 7.07. The average molecular weight is 279 g/mol. The zero-order valence-corrected chi connectivity index (χ0v) is 11.8. The first kappa shape index (κ1) is 14.6. The number of hydrogen-bond acceptors (Lipinski definition) is 5. The Morgan fingerprint density at radius 2 is 2.15 bits per heavy atom. The number of nitrogens with zero attached hydrogens (tertiary/aromatic N) is 2. The first-order valence-corrected chi connectivity index (χ1v) is 7.22. The summed E-state index contributed by atoms with van der Waals surface area (Å²) >= 11 is 0. The zero-order valence-electron chi connectivity index (χ0n) is 11.8. The van der Waals surface area contributed by atoms with E-state index in [2.05, 4.69) is 10.3 Å². The van der Waals surface area contributed by atoms with Crippen molar-refractivity contribution < 1.29 is 9.66 Å². The van der Waals surface area contributed by atoms with Gasteiger partial charge in [0, 0.05) is 6.54 Å². The quantitative estimate of drug-likeness (QED) is 0.638. The number of hydrogen-bond donors (Lipinski definition) is 1. The number of aromatic nitrogens is 1. The van der Waals surface area contributed by atoms with Crippen molar-refractivity contribution in [3.63, 3.8) is 0 Å². The third kappa shape index (κ3) is 4.08. The van der Waals surface area contributed by atoms with Crippen LogP contribution >= 0.6 is 0 Å². The Hall–Kier alpha value is -1.85. The predicted octanol–water partition coefficient (Wildman–Crippen LogP) is 3.38. The van der Waals surface area contributed by atoms with E-state index < -0.39 is 4.92 Å². The molecule has 0 amide bonds. The molecular weight excluding hydrogens is 258 g/mol. The van der Waals surface area contributed by atoms with Crippen LogP contribution in [0.5, 0.6) is 5.88 Å². The Morgan fingerprint density at radius 1 is 1.40 bits per heavy atom. The van der Waals surface area contributed by atoms with Crippen LogP contribution in [0.3, 0.4) is 0 Å². The van der Waals surface area contributed by atoms with Gasteiger partial charge in [-0.05, 0) is 25.7 Å². The van der Waals surface area contributed by atoms with E-state index in [0.717, 1.165) is 0 Å². The molecule has 0 bridgehead atoms. The van der Waals surface area contributed by atoms with Crippen LogP contribution in [0.4, 0.5) is 11.5 Å². The molecule has 110 valence electrons. The highest BCUT2D eigenvalue weighted by atomic mass is 16.6. The molecule has 0 saturated heterocycles. The van der Waals surface area contributed by atoms with Gasteiger partial charge in [-0.15, -0.1) is 0 Å². The molecule has 0 aromatic carbocycles. The van der Waals surface area contributed by atoms with Crippen LogP contribution in [0.15, 0.2) is 12.1 Å². The van der Waals surface area contributed by atoms with Crippen LogP contribution < -0.4 is 10.1 Å². The van der Waals surface area contributed by atoms with E-state index in [1.54, 1.807) is 0 Å². The van der Waals surface area contributed by atoms with Crippen molar-refractivity contribution in [3.8, 4) is 5.88 Å². The van der Waals surface area contributed by atoms with Gasteiger partial charge in [0.15, 0.2) is 0 Å². The Kier molecular flexibility index (Phi) is 5.15. The molecule has 0 aliphatic heterocycles. The number of rotatable bonds is 6. The molecule has 2 rings (SSSR count). The van der Waals surface area contributed by atoms with Gasteiger partial charge in [-0.25, -0.2) is 0 Å². The van der Waals surface area contributed by atoms with E-state index in [9.17, 15) is 10.1 Å². The van der Waals surface area contributed by atoms with Crippen molar-refractivity contribution in [2.45, 2.75) is 39.0 Å². The number of pyridine rings is 1. The van der Waals surface area contributed by atoms with E-state index in [0.29, 0.717) is 30.8 Å². The summed E-state index contributed by atoms with van der Waals surface area (Å²) in [6.07, 6.45) is 6.15. The van der Waals surface area contributed by atoms with Gasteiger partial charge >= 0.3 is 0 Å². The lowest BCUT2D eigenvalue weighted by atomic mass is 9.90. The van der Waals surface area contributed by atoms with E-state index in [-0.39, 0.29) is 5.69 Å². The summed E-state index contributed by atoms with van der Waals surface area (Å²) in [5.74, 6) is 1.37. The first-order valence-electron chi connectivity index (χ1n) is 7.22. The van der Waals surface area contributed by atoms with Crippen LogP contribution in [0, 0.1) is 16.0 Å². The van der Waals surface area contributed by atoms with Crippen molar-refractivity contribution >= 4 is 11.5 Å². The summed E-state index contributed by atoms with van der Waals surface area (Å²) in [7, 11) is 0. The van der Waals surface area contributed by atoms with Gasteiger partial charge in [-0.2, -0.15) is 4.98 Å². The van der Waals surface area contributed by atoms with Crippen molar-refractivity contribution in [1.82, 2.24) is 4.98 Å². The maximum absolute atomic E-state index is 10.9. The van der Waals surface area contributed by atoms with Gasteiger partial charge in [0.2, 0.25) is 5.88 Å². The summed E-state index contributed by atoms with van der Waals surface area (Å²) in [5, 5.41) is 13.9. The molecular formula is C14H21N3O3. The van der Waals surface area contributed by atoms with Crippen LogP contribution in [0.1, 0.15) is 39.0 Å². The standard InChI is InChI=1S/C14H21N3O3/c1-2-15-13-8-12(17(18)19)9-14(16-13)20-10-11-6-4-3-5-7-11/h8-9,11H,2-7,10H2,1H3,(H,15,16). The minimum absolute atomic E-state index is 0.00888. The molecule has 1 N–H and O–H groups in total. The van der Waals surface area contributed by atoms with E-state index >= 15 is 0 Å². The van der Waals surface area contributed by atoms with Crippen LogP contribution in [-0.4, -0.2) is 23.1 Å². The molecule has 20 heavy (non-hydrogen) atoms. The topological polar surface area (TPSA) is 77.3 Å². The van der Waals surface area contributed by atoms with Crippen LogP contribution in [0.25, 0.3) is 0 Å². The number of anilines is 1. The Labute approximate surface area is 118 Å². The molecule has 1 saturated carbocycles. The number of ether oxygens (including phenoxy) is 1. The number of nitrogens with one attached hydrogen (secondary N) is 1. The molecule has 0 spiro atoms. The Bertz CT molecular complexity index is 459. The summed E-state index contributed by atoms with van der Waals surface area (Å²) < 4.78 is 5.67. The molecule has 1 fully saturated rings. The summed E-state index contributed by atoms with van der Waals surface area (Å²) in [5.41, 5.74) is 0.00888. The lowest BCUT2D eigenvalue weighted by molar-refractivity contribution is -0.384. The third-order valence-electron chi connectivity index (χ3n) is 3.55. The van der Waals surface area contributed by atoms with Gasteiger partial charge in [-0.1, -0.05) is 19.3 Å². The lowest BCUT2D eigenvalue weighted by Crippen LogP contribution is -2.16. The highest BCUT2D eigenvalue weighted by Crippen LogP contribution is 2.26. The molecule has 1 aliphatic rings. The van der Waals surface area contributed by atoms with Crippen molar-refractivity contribution in [2.24, 2.45) is 5.92 Å². The molecule has 6 nitrogen and oxygen atoms in total. The maximum atomic E-state index is 10.9. The molecule has 0 unspecified atom stereocenters. The zero-order chi connectivity index (χ0) is 14.4. The maximum Gasteiger partial charge on any atom is 0.278 e. The highest BCUT2D eigenvalue weighted by Gasteiger charge is 2.16. The third-order valence-corrected chi connectivity index (χ3v) is 3.55. The van der Waals surface area contributed by atoms with Gasteiger partial charge in [0.05, 0.1) is 23.7 Å². The summed E-state index contributed by atoms with van der Waals surface area (Å²) in [4.78, 5) is 14.7. The van der Waals surface area contributed by atoms with E-state index in [1.165, 1.54) is 44.2 Å². The highest BCUT2D eigenvalue weighted by molar-refractivity contribution is 5.48. The first-order chi connectivity index (χ1) is 9.69. The SMILES string of the molecule is CCNc1cc([N+](=O)[O-])cc(OCC2CCCCC2)n1. The van der Waals surface area contributed by atoms with E-state index in [1.807, 2.05) is 6.92 Å². The smallest absolute Gasteiger partial charge is 0.278 e. The van der Waals surface area contributed by atoms with Crippen molar-refractivity contribution in [3.05, 3.63) is 22.2 Å². The fourth-order valence-electron chi connectivity index (χ4n) is 2.50. The molecule has 1 aromatic heterocycles. The fourth-order valence-corrected chi connectivity index (χ4v) is 2.50. The molecule has 1 heterocycles. The summed E-state index contributed by atoms with van der Waals surface area (Å²) in [6, 6.07) is 2.82. The minimum Gasteiger partial charge on any atom is -0.477 e. The van der Waals surface area contributed by atoms with Gasteiger partial charge in [-0.3, -0.25) is 10.1 Å². The average Bonchev–Trinajstić information content (AvgIpc) is 2.46. The van der Waals surface area contributed by atoms with E-state index in [4.69, 9.17) is 4.74 Å². The second-order valence-electron chi connectivity index (χ2n) is 5.15. The lowest BCUT2D eigenvalue weighted by Gasteiger charge is -2.21. The molecule has 1 aromatic rings. The molecule has 0 radical (unpaired) electrons. The van der Waals surface area contributed by atoms with Gasteiger partial charge in [0.1, 0.15) is 5.82 Å². The second-order valence-corrected chi connectivity index (χ2v) is 5.15. The molecule has 6 heteroatoms. The van der Waals surface area contributed by atoms with Gasteiger partial charge < -0.3 is 10.1 Å². The van der Waals surface area contributed by atoms with Crippen molar-refractivity contribution in [1.29, 1.82) is 0 Å². The molecule has 0 atom stereocenters. The number of nitro groups is 1. The van der Waals surface area contributed by atoms with Crippen molar-refractivity contribution in [2.75, 3.05) is 18.5 Å².